The Morgan fingerprint density at radius 1 is 1.67 bits per heavy atom. The molecule has 0 spiro atoms. The number of rotatable bonds is 3. The number of hydrogen-bond donors (Lipinski definition) is 1. The van der Waals surface area contributed by atoms with Gasteiger partial charge in [0.05, 0.1) is 6.10 Å². The third kappa shape index (κ3) is 3.08. The zero-order valence-corrected chi connectivity index (χ0v) is 8.36. The first-order chi connectivity index (χ1) is 5.84. The molecule has 0 aromatic rings. The van der Waals surface area contributed by atoms with Gasteiger partial charge in [0, 0.05) is 6.42 Å². The summed E-state index contributed by atoms with van der Waals surface area (Å²) < 4.78 is 0. The van der Waals surface area contributed by atoms with E-state index in [1.807, 2.05) is 18.7 Å². The first kappa shape index (κ1) is 9.95. The minimum Gasteiger partial charge on any atom is -0.393 e. The molecule has 0 bridgehead atoms. The zero-order valence-electron chi connectivity index (χ0n) is 7.55. The maximum Gasteiger partial charge on any atom is 0.0585 e. The van der Waals surface area contributed by atoms with Crippen LogP contribution in [0.3, 0.4) is 0 Å². The van der Waals surface area contributed by atoms with E-state index in [2.05, 4.69) is 11.8 Å². The average Bonchev–Trinajstić information content (AvgIpc) is 2.56. The molecule has 68 valence electrons. The molecule has 1 rings (SSSR count). The summed E-state index contributed by atoms with van der Waals surface area (Å²) in [6.45, 7) is 1.85. The summed E-state index contributed by atoms with van der Waals surface area (Å²) in [5.74, 6) is 8.73. The summed E-state index contributed by atoms with van der Waals surface area (Å²) in [5, 5.41) is 9.69. The molecule has 1 aliphatic rings. The van der Waals surface area contributed by atoms with Crippen molar-refractivity contribution >= 4 is 11.8 Å². The van der Waals surface area contributed by atoms with E-state index in [-0.39, 0.29) is 6.10 Å². The van der Waals surface area contributed by atoms with Crippen LogP contribution in [-0.4, -0.2) is 22.7 Å². The molecule has 1 N–H and O–H groups in total. The van der Waals surface area contributed by atoms with E-state index in [1.165, 1.54) is 12.2 Å². The van der Waals surface area contributed by atoms with Gasteiger partial charge in [0.25, 0.3) is 0 Å². The van der Waals surface area contributed by atoms with E-state index >= 15 is 0 Å². The number of aliphatic hydroxyl groups is 1. The van der Waals surface area contributed by atoms with Gasteiger partial charge in [0.15, 0.2) is 0 Å². The molecule has 1 saturated heterocycles. The second-order valence-electron chi connectivity index (χ2n) is 3.16. The van der Waals surface area contributed by atoms with Crippen LogP contribution in [0.25, 0.3) is 0 Å². The molecule has 0 aromatic carbocycles. The lowest BCUT2D eigenvalue weighted by molar-refractivity contribution is 0.112. The highest BCUT2D eigenvalue weighted by atomic mass is 32.2. The molecule has 1 aliphatic heterocycles. The molecular formula is C10H16OS. The number of thioether (sulfide) groups is 1. The molecule has 2 atom stereocenters. The van der Waals surface area contributed by atoms with Gasteiger partial charge in [-0.3, -0.25) is 0 Å². The first-order valence-corrected chi connectivity index (χ1v) is 5.65. The van der Waals surface area contributed by atoms with Crippen LogP contribution in [-0.2, 0) is 0 Å². The lowest BCUT2D eigenvalue weighted by Crippen LogP contribution is -2.19. The summed E-state index contributed by atoms with van der Waals surface area (Å²) >= 11 is 1.95. The molecule has 2 heteroatoms. The third-order valence-electron chi connectivity index (χ3n) is 2.25. The van der Waals surface area contributed by atoms with Crippen LogP contribution < -0.4 is 0 Å². The van der Waals surface area contributed by atoms with Crippen LogP contribution in [0.1, 0.15) is 26.2 Å². The van der Waals surface area contributed by atoms with Crippen molar-refractivity contribution < 1.29 is 5.11 Å². The molecule has 1 heterocycles. The fourth-order valence-electron chi connectivity index (χ4n) is 1.44. The maximum absolute atomic E-state index is 9.69. The Hall–Kier alpha value is -0.130. The zero-order chi connectivity index (χ0) is 8.81. The normalized spacial score (nSPS) is 24.7. The summed E-state index contributed by atoms with van der Waals surface area (Å²) in [4.78, 5) is 0. The molecular weight excluding hydrogens is 168 g/mol. The van der Waals surface area contributed by atoms with Crippen molar-refractivity contribution in [2.45, 2.75) is 32.3 Å². The van der Waals surface area contributed by atoms with E-state index in [1.54, 1.807) is 0 Å². The monoisotopic (exact) mass is 184 g/mol. The van der Waals surface area contributed by atoms with Crippen molar-refractivity contribution in [1.82, 2.24) is 0 Å². The van der Waals surface area contributed by atoms with Crippen molar-refractivity contribution in [3.8, 4) is 11.8 Å². The summed E-state index contributed by atoms with van der Waals surface area (Å²) in [5.41, 5.74) is 0. The molecule has 0 saturated carbocycles. The van der Waals surface area contributed by atoms with Crippen molar-refractivity contribution in [3.63, 3.8) is 0 Å². The first-order valence-electron chi connectivity index (χ1n) is 4.50. The van der Waals surface area contributed by atoms with Gasteiger partial charge in [0.1, 0.15) is 0 Å². The van der Waals surface area contributed by atoms with Crippen molar-refractivity contribution in [2.24, 2.45) is 5.92 Å². The second-order valence-corrected chi connectivity index (χ2v) is 4.31. The minimum atomic E-state index is -0.110. The summed E-state index contributed by atoms with van der Waals surface area (Å²) in [7, 11) is 0. The van der Waals surface area contributed by atoms with Crippen LogP contribution in [0.15, 0.2) is 0 Å². The predicted octanol–water partition coefficient (Wildman–Crippen LogP) is 1.90. The van der Waals surface area contributed by atoms with E-state index in [9.17, 15) is 5.11 Å². The Kier molecular flexibility index (Phi) is 4.57. The maximum atomic E-state index is 9.69. The quantitative estimate of drug-likeness (QED) is 0.676. The summed E-state index contributed by atoms with van der Waals surface area (Å²) in [6, 6.07) is 0. The van der Waals surface area contributed by atoms with Crippen LogP contribution in [0, 0.1) is 17.8 Å². The minimum absolute atomic E-state index is 0.110. The third-order valence-corrected chi connectivity index (χ3v) is 3.44. The highest BCUT2D eigenvalue weighted by Crippen LogP contribution is 2.27. The van der Waals surface area contributed by atoms with Gasteiger partial charge >= 0.3 is 0 Å². The largest absolute Gasteiger partial charge is 0.393 e. The van der Waals surface area contributed by atoms with Crippen molar-refractivity contribution in [1.29, 1.82) is 0 Å². The predicted molar refractivity (Wildman–Crippen MR) is 54.1 cm³/mol. The van der Waals surface area contributed by atoms with E-state index in [4.69, 9.17) is 0 Å². The van der Waals surface area contributed by atoms with E-state index in [0.29, 0.717) is 5.92 Å². The molecule has 2 unspecified atom stereocenters. The Bertz CT molecular complexity index is 174. The van der Waals surface area contributed by atoms with Gasteiger partial charge in [-0.1, -0.05) is 0 Å². The SMILES string of the molecule is CC#CCCC(O)C1CCSC1. The molecule has 12 heavy (non-hydrogen) atoms. The van der Waals surface area contributed by atoms with Gasteiger partial charge in [-0.15, -0.1) is 11.8 Å². The van der Waals surface area contributed by atoms with Crippen LogP contribution >= 0.6 is 11.8 Å². The second kappa shape index (κ2) is 5.50. The van der Waals surface area contributed by atoms with Gasteiger partial charge in [-0.2, -0.15) is 11.8 Å². The standard InChI is InChI=1S/C10H16OS/c1-2-3-4-5-10(11)9-6-7-12-8-9/h9-11H,4-8H2,1H3. The highest BCUT2D eigenvalue weighted by Gasteiger charge is 2.22. The number of aliphatic hydroxyl groups excluding tert-OH is 1. The van der Waals surface area contributed by atoms with Crippen LogP contribution in [0.2, 0.25) is 0 Å². The fraction of sp³-hybridized carbons (Fsp3) is 0.800. The fourth-order valence-corrected chi connectivity index (χ4v) is 2.76. The summed E-state index contributed by atoms with van der Waals surface area (Å²) in [6.07, 6.45) is 2.77. The molecule has 1 nitrogen and oxygen atoms in total. The van der Waals surface area contributed by atoms with Crippen LogP contribution in [0.4, 0.5) is 0 Å². The Morgan fingerprint density at radius 3 is 3.08 bits per heavy atom. The van der Waals surface area contributed by atoms with Crippen LogP contribution in [0.5, 0.6) is 0 Å². The van der Waals surface area contributed by atoms with Gasteiger partial charge < -0.3 is 5.11 Å². The Labute approximate surface area is 78.9 Å². The smallest absolute Gasteiger partial charge is 0.0585 e. The molecule has 0 aliphatic carbocycles. The lowest BCUT2D eigenvalue weighted by atomic mass is 9.98. The topological polar surface area (TPSA) is 20.2 Å². The average molecular weight is 184 g/mol. The molecule has 0 aromatic heterocycles. The van der Waals surface area contributed by atoms with Gasteiger partial charge in [-0.25, -0.2) is 0 Å². The Balaban J connectivity index is 2.16. The van der Waals surface area contributed by atoms with E-state index in [0.717, 1.165) is 18.6 Å². The van der Waals surface area contributed by atoms with Crippen molar-refractivity contribution in [2.75, 3.05) is 11.5 Å². The number of hydrogen-bond acceptors (Lipinski definition) is 2. The van der Waals surface area contributed by atoms with Crippen molar-refractivity contribution in [3.05, 3.63) is 0 Å². The van der Waals surface area contributed by atoms with Gasteiger partial charge in [0.2, 0.25) is 0 Å². The molecule has 0 radical (unpaired) electrons. The highest BCUT2D eigenvalue weighted by molar-refractivity contribution is 7.99. The Morgan fingerprint density at radius 2 is 2.50 bits per heavy atom. The lowest BCUT2D eigenvalue weighted by Gasteiger charge is -2.14. The van der Waals surface area contributed by atoms with E-state index < -0.39 is 0 Å². The van der Waals surface area contributed by atoms with Gasteiger partial charge in [-0.05, 0) is 37.2 Å². The molecule has 0 amide bonds. The molecule has 1 fully saturated rings.